The molecule has 1 aliphatic heterocycles. The molecule has 44 heavy (non-hydrogen) atoms. The zero-order valence-electron chi connectivity index (χ0n) is 25.3. The maximum Gasteiger partial charge on any atom is 0.274 e. The molecule has 11 nitrogen and oxygen atoms in total. The lowest BCUT2D eigenvalue weighted by atomic mass is 9.90. The molecule has 1 fully saturated rings. The zero-order valence-corrected chi connectivity index (χ0v) is 25.3. The number of nitrogens with zero attached hydrogens (tertiary/aromatic N) is 3. The van der Waals surface area contributed by atoms with E-state index in [1.54, 1.807) is 13.8 Å². The van der Waals surface area contributed by atoms with Crippen molar-refractivity contribution in [3.63, 3.8) is 0 Å². The lowest BCUT2D eigenvalue weighted by Crippen LogP contribution is -2.64. The maximum atomic E-state index is 14.1. The molecule has 1 aromatic heterocycles. The second-order valence-corrected chi connectivity index (χ2v) is 11.3. The van der Waals surface area contributed by atoms with Crippen molar-refractivity contribution in [2.45, 2.75) is 57.0 Å². The molecule has 1 saturated heterocycles. The summed E-state index contributed by atoms with van der Waals surface area (Å²) in [6, 6.07) is 17.1. The number of nitrogens with one attached hydrogen (secondary N) is 2. The van der Waals surface area contributed by atoms with Gasteiger partial charge in [0.2, 0.25) is 17.7 Å². The first-order valence-electron chi connectivity index (χ1n) is 14.5. The molecule has 3 aromatic rings. The summed E-state index contributed by atoms with van der Waals surface area (Å²) in [6.07, 6.45) is 0.405. The van der Waals surface area contributed by atoms with Crippen molar-refractivity contribution in [1.82, 2.24) is 25.4 Å². The van der Waals surface area contributed by atoms with Gasteiger partial charge in [-0.3, -0.25) is 19.2 Å². The Bertz CT molecular complexity index is 1470. The molecule has 0 saturated carbocycles. The molecular formula is C33H39N5O6. The van der Waals surface area contributed by atoms with Crippen LogP contribution in [0.4, 0.5) is 0 Å². The first-order chi connectivity index (χ1) is 21.0. The van der Waals surface area contributed by atoms with Crippen molar-refractivity contribution in [1.29, 1.82) is 0 Å². The highest BCUT2D eigenvalue weighted by atomic mass is 16.3. The van der Waals surface area contributed by atoms with E-state index in [4.69, 9.17) is 0 Å². The van der Waals surface area contributed by atoms with Crippen molar-refractivity contribution in [3.05, 3.63) is 95.8 Å². The number of hydrogen-bond acceptors (Lipinski definition) is 7. The van der Waals surface area contributed by atoms with Gasteiger partial charge in [0, 0.05) is 26.7 Å². The van der Waals surface area contributed by atoms with Crippen LogP contribution < -0.4 is 10.6 Å². The Hall–Kier alpha value is -4.77. The van der Waals surface area contributed by atoms with Crippen molar-refractivity contribution in [2.75, 3.05) is 14.1 Å². The van der Waals surface area contributed by atoms with Gasteiger partial charge in [-0.2, -0.15) is 0 Å². The topological polar surface area (TPSA) is 152 Å². The van der Waals surface area contributed by atoms with E-state index in [1.165, 1.54) is 42.2 Å². The van der Waals surface area contributed by atoms with Gasteiger partial charge in [-0.1, -0.05) is 67.6 Å². The van der Waals surface area contributed by atoms with Crippen LogP contribution in [-0.4, -0.2) is 93.0 Å². The number of benzene rings is 2. The molecular weight excluding hydrogens is 562 g/mol. The molecule has 4 amide bonds. The van der Waals surface area contributed by atoms with E-state index in [1.807, 2.05) is 60.7 Å². The van der Waals surface area contributed by atoms with Crippen LogP contribution in [0.5, 0.6) is 5.75 Å². The van der Waals surface area contributed by atoms with E-state index in [-0.39, 0.29) is 24.3 Å². The Morgan fingerprint density at radius 2 is 1.45 bits per heavy atom. The number of aromatic hydroxyl groups is 1. The molecule has 0 bridgehead atoms. The summed E-state index contributed by atoms with van der Waals surface area (Å²) in [5.74, 6) is -3.74. The van der Waals surface area contributed by atoms with Gasteiger partial charge in [0.15, 0.2) is 5.69 Å². The van der Waals surface area contributed by atoms with Crippen LogP contribution in [0.2, 0.25) is 0 Å². The number of hydrogen-bond donors (Lipinski definition) is 4. The third-order valence-electron chi connectivity index (χ3n) is 8.32. The number of aliphatic hydroxyl groups is 1. The Morgan fingerprint density at radius 1 is 0.864 bits per heavy atom. The summed E-state index contributed by atoms with van der Waals surface area (Å²) in [7, 11) is 3.05. The number of carbonyl (C=O) groups is 4. The summed E-state index contributed by atoms with van der Waals surface area (Å²) in [6.45, 7) is 3.18. The van der Waals surface area contributed by atoms with Crippen molar-refractivity contribution in [3.8, 4) is 5.75 Å². The predicted octanol–water partition coefficient (Wildman–Crippen LogP) is 1.54. The molecule has 1 aliphatic rings. The van der Waals surface area contributed by atoms with Crippen LogP contribution in [0.1, 0.15) is 35.5 Å². The molecule has 11 heteroatoms. The summed E-state index contributed by atoms with van der Waals surface area (Å²) in [5, 5.41) is 27.3. The lowest BCUT2D eigenvalue weighted by Gasteiger charge is -2.40. The Morgan fingerprint density at radius 3 is 2.05 bits per heavy atom. The minimum atomic E-state index is -1.33. The average molecular weight is 602 g/mol. The quantitative estimate of drug-likeness (QED) is 0.335. The van der Waals surface area contributed by atoms with E-state index in [0.29, 0.717) is 0 Å². The number of aromatic nitrogens is 1. The number of amides is 4. The number of aliphatic hydroxyl groups excluding tert-OH is 1. The summed E-state index contributed by atoms with van der Waals surface area (Å²) < 4.78 is 0. The fourth-order valence-electron chi connectivity index (χ4n) is 5.44. The highest BCUT2D eigenvalue weighted by Crippen LogP contribution is 2.22. The SMILES string of the molecule is C[C@@H]1[C@H](NC(=O)c2ncccc2O)C(=O)N[C@@H](Cc2ccccc2)[C@@H](O)[C@@H](C)C(=O)N(C)C(Cc2ccccc2)C(=O)N1C. The lowest BCUT2D eigenvalue weighted by molar-refractivity contribution is -0.151. The van der Waals surface area contributed by atoms with Crippen LogP contribution in [-0.2, 0) is 27.2 Å². The predicted molar refractivity (Wildman–Crippen MR) is 163 cm³/mol. The highest BCUT2D eigenvalue weighted by molar-refractivity contribution is 5.98. The van der Waals surface area contributed by atoms with Crippen LogP contribution in [0.25, 0.3) is 0 Å². The van der Waals surface area contributed by atoms with Crippen LogP contribution in [0.3, 0.4) is 0 Å². The van der Waals surface area contributed by atoms with E-state index in [2.05, 4.69) is 15.6 Å². The fourth-order valence-corrected chi connectivity index (χ4v) is 5.44. The number of pyridine rings is 1. The second-order valence-electron chi connectivity index (χ2n) is 11.3. The molecule has 2 aromatic carbocycles. The van der Waals surface area contributed by atoms with Gasteiger partial charge in [-0.15, -0.1) is 0 Å². The van der Waals surface area contributed by atoms with Gasteiger partial charge >= 0.3 is 0 Å². The molecule has 2 heterocycles. The van der Waals surface area contributed by atoms with Crippen LogP contribution in [0, 0.1) is 5.92 Å². The first-order valence-corrected chi connectivity index (χ1v) is 14.5. The van der Waals surface area contributed by atoms with Gasteiger partial charge in [0.25, 0.3) is 5.91 Å². The Labute approximate surface area is 256 Å². The second kappa shape index (κ2) is 14.1. The number of rotatable bonds is 6. The standard InChI is InChI=1S/C33H39N5O6/c1-20-29(40)24(18-22-12-7-5-8-13-22)35-30(41)27(36-31(42)28-26(39)16-11-17-34-28)21(2)37(3)33(44)25(38(4)32(20)43)19-23-14-9-6-10-15-23/h5-17,20-21,24-25,27,29,39-40H,18-19H2,1-4H3,(H,35,41)(H,36,42)/t20-,21-,24+,25?,27+,29+/m1/s1. The largest absolute Gasteiger partial charge is 0.505 e. The molecule has 232 valence electrons. The van der Waals surface area contributed by atoms with E-state index < -0.39 is 59.8 Å². The zero-order chi connectivity index (χ0) is 32.0. The third kappa shape index (κ3) is 7.23. The molecule has 0 radical (unpaired) electrons. The fraction of sp³-hybridized carbons (Fsp3) is 0.364. The summed E-state index contributed by atoms with van der Waals surface area (Å²) in [4.78, 5) is 61.7. The minimum absolute atomic E-state index is 0.195. The smallest absolute Gasteiger partial charge is 0.274 e. The van der Waals surface area contributed by atoms with Gasteiger partial charge < -0.3 is 30.6 Å². The molecule has 6 atom stereocenters. The van der Waals surface area contributed by atoms with E-state index >= 15 is 0 Å². The molecule has 1 unspecified atom stereocenters. The summed E-state index contributed by atoms with van der Waals surface area (Å²) >= 11 is 0. The van der Waals surface area contributed by atoms with E-state index in [9.17, 15) is 29.4 Å². The van der Waals surface area contributed by atoms with Gasteiger partial charge in [-0.25, -0.2) is 4.98 Å². The highest BCUT2D eigenvalue weighted by Gasteiger charge is 2.42. The molecule has 0 spiro atoms. The normalized spacial score (nSPS) is 25.1. The number of likely N-dealkylation sites (N-methyl/N-ethyl adjacent to an activating group) is 2. The van der Waals surface area contributed by atoms with Crippen molar-refractivity contribution in [2.24, 2.45) is 5.92 Å². The van der Waals surface area contributed by atoms with Gasteiger partial charge in [0.05, 0.1) is 24.1 Å². The maximum absolute atomic E-state index is 14.1. The van der Waals surface area contributed by atoms with Gasteiger partial charge in [-0.05, 0) is 36.6 Å². The van der Waals surface area contributed by atoms with Crippen molar-refractivity contribution >= 4 is 23.6 Å². The van der Waals surface area contributed by atoms with Crippen LogP contribution >= 0.6 is 0 Å². The van der Waals surface area contributed by atoms with E-state index in [0.717, 1.165) is 11.1 Å². The molecule has 0 aliphatic carbocycles. The van der Waals surface area contributed by atoms with Crippen LogP contribution in [0.15, 0.2) is 79.0 Å². The minimum Gasteiger partial charge on any atom is -0.505 e. The Kier molecular flexibility index (Phi) is 10.3. The first kappa shape index (κ1) is 32.2. The number of carbonyl (C=O) groups excluding carboxylic acids is 4. The average Bonchev–Trinajstić information content (AvgIpc) is 3.04. The third-order valence-corrected chi connectivity index (χ3v) is 8.32. The summed E-state index contributed by atoms with van der Waals surface area (Å²) in [5.41, 5.74) is 1.36. The monoisotopic (exact) mass is 601 g/mol. The Balaban J connectivity index is 1.77. The van der Waals surface area contributed by atoms with Gasteiger partial charge in [0.1, 0.15) is 17.8 Å². The molecule has 4 rings (SSSR count). The molecule has 4 N–H and O–H groups in total. The van der Waals surface area contributed by atoms with Crippen molar-refractivity contribution < 1.29 is 29.4 Å².